The number of rotatable bonds is 3. The van der Waals surface area contributed by atoms with E-state index in [9.17, 15) is 0 Å². The first kappa shape index (κ1) is 10.8. The van der Waals surface area contributed by atoms with E-state index >= 15 is 0 Å². The van der Waals surface area contributed by atoms with E-state index < -0.39 is 0 Å². The molecule has 0 amide bonds. The number of hydrogen-bond acceptors (Lipinski definition) is 2. The second-order valence-electron chi connectivity index (χ2n) is 2.92. The van der Waals surface area contributed by atoms with E-state index in [2.05, 4.69) is 46.2 Å². The quantitative estimate of drug-likeness (QED) is 0.821. The smallest absolute Gasteiger partial charge is 0.0701 e. The molecule has 0 saturated carbocycles. The molecule has 0 bridgehead atoms. The Morgan fingerprint density at radius 2 is 2.23 bits per heavy atom. The number of terminal acetylenes is 1. The van der Waals surface area contributed by atoms with Gasteiger partial charge in [-0.1, -0.05) is 5.92 Å². The highest BCUT2D eigenvalue weighted by Gasteiger charge is 2.09. The third kappa shape index (κ3) is 3.15. The lowest BCUT2D eigenvalue weighted by atomic mass is 10.2. The highest BCUT2D eigenvalue weighted by atomic mass is 79.9. The number of thiophene rings is 1. The van der Waals surface area contributed by atoms with Gasteiger partial charge in [0.1, 0.15) is 0 Å². The standard InChI is InChI=1S/C10H12BrNS/c1-4-7(2)12-8(3)9-5-6-10(11)13-9/h1,5-8,12H,2-3H3. The van der Waals surface area contributed by atoms with E-state index in [1.54, 1.807) is 11.3 Å². The van der Waals surface area contributed by atoms with E-state index in [1.807, 2.05) is 6.92 Å². The predicted molar refractivity (Wildman–Crippen MR) is 61.9 cm³/mol. The van der Waals surface area contributed by atoms with Crippen LogP contribution in [0.15, 0.2) is 15.9 Å². The summed E-state index contributed by atoms with van der Waals surface area (Å²) in [7, 11) is 0. The van der Waals surface area contributed by atoms with Gasteiger partial charge in [-0.05, 0) is 41.9 Å². The molecular formula is C10H12BrNS. The van der Waals surface area contributed by atoms with Crippen LogP contribution < -0.4 is 5.32 Å². The van der Waals surface area contributed by atoms with Crippen LogP contribution in [0.25, 0.3) is 0 Å². The van der Waals surface area contributed by atoms with Gasteiger partial charge in [0.2, 0.25) is 0 Å². The van der Waals surface area contributed by atoms with E-state index in [1.165, 1.54) is 4.88 Å². The Morgan fingerprint density at radius 3 is 2.69 bits per heavy atom. The number of halogens is 1. The van der Waals surface area contributed by atoms with Crippen LogP contribution in [-0.2, 0) is 0 Å². The molecule has 70 valence electrons. The van der Waals surface area contributed by atoms with E-state index in [-0.39, 0.29) is 6.04 Å². The lowest BCUT2D eigenvalue weighted by Crippen LogP contribution is -2.26. The summed E-state index contributed by atoms with van der Waals surface area (Å²) in [6, 6.07) is 4.60. The van der Waals surface area contributed by atoms with Crippen molar-refractivity contribution in [3.8, 4) is 12.3 Å². The summed E-state index contributed by atoms with van der Waals surface area (Å²) in [6.45, 7) is 4.10. The molecule has 1 nitrogen and oxygen atoms in total. The molecule has 0 fully saturated rings. The maximum atomic E-state index is 5.29. The second kappa shape index (κ2) is 4.80. The summed E-state index contributed by atoms with van der Waals surface area (Å²) >= 11 is 5.17. The monoisotopic (exact) mass is 257 g/mol. The molecule has 0 radical (unpaired) electrons. The molecule has 0 aliphatic heterocycles. The Hall–Kier alpha value is -0.300. The van der Waals surface area contributed by atoms with Crippen molar-refractivity contribution >= 4 is 27.3 Å². The zero-order valence-electron chi connectivity index (χ0n) is 7.67. The van der Waals surface area contributed by atoms with Gasteiger partial charge in [0, 0.05) is 10.9 Å². The highest BCUT2D eigenvalue weighted by Crippen LogP contribution is 2.27. The molecule has 1 N–H and O–H groups in total. The molecule has 1 rings (SSSR count). The Balaban J connectivity index is 2.59. The van der Waals surface area contributed by atoms with Crippen LogP contribution in [0.5, 0.6) is 0 Å². The first-order chi connectivity index (χ1) is 6.13. The average Bonchev–Trinajstić information content (AvgIpc) is 2.51. The number of hydrogen-bond donors (Lipinski definition) is 1. The van der Waals surface area contributed by atoms with Crippen LogP contribution in [0, 0.1) is 12.3 Å². The Bertz CT molecular complexity index is 313. The van der Waals surface area contributed by atoms with Crippen LogP contribution in [-0.4, -0.2) is 6.04 Å². The minimum Gasteiger partial charge on any atom is -0.296 e. The summed E-state index contributed by atoms with van der Waals surface area (Å²) in [4.78, 5) is 1.30. The van der Waals surface area contributed by atoms with Gasteiger partial charge in [0.25, 0.3) is 0 Å². The van der Waals surface area contributed by atoms with Crippen molar-refractivity contribution < 1.29 is 0 Å². The second-order valence-corrected chi connectivity index (χ2v) is 5.41. The molecule has 0 aromatic carbocycles. The molecule has 1 aromatic rings. The lowest BCUT2D eigenvalue weighted by Gasteiger charge is -2.14. The SMILES string of the molecule is C#CC(C)NC(C)c1ccc(Br)s1. The number of nitrogens with one attached hydrogen (secondary N) is 1. The van der Waals surface area contributed by atoms with Crippen molar-refractivity contribution in [1.29, 1.82) is 0 Å². The maximum Gasteiger partial charge on any atom is 0.0701 e. The maximum absolute atomic E-state index is 5.29. The molecule has 13 heavy (non-hydrogen) atoms. The fourth-order valence-electron chi connectivity index (χ4n) is 1.07. The topological polar surface area (TPSA) is 12.0 Å². The van der Waals surface area contributed by atoms with Crippen molar-refractivity contribution in [2.75, 3.05) is 0 Å². The molecule has 1 aromatic heterocycles. The van der Waals surface area contributed by atoms with Crippen molar-refractivity contribution in [3.05, 3.63) is 20.8 Å². The predicted octanol–water partition coefficient (Wildman–Crippen LogP) is 3.18. The molecule has 0 spiro atoms. The van der Waals surface area contributed by atoms with Crippen molar-refractivity contribution in [1.82, 2.24) is 5.32 Å². The van der Waals surface area contributed by atoms with Gasteiger partial charge in [0.15, 0.2) is 0 Å². The Labute approximate surface area is 91.7 Å². The van der Waals surface area contributed by atoms with Gasteiger partial charge in [0.05, 0.1) is 9.83 Å². The van der Waals surface area contributed by atoms with E-state index in [0.717, 1.165) is 3.79 Å². The summed E-state index contributed by atoms with van der Waals surface area (Å²) in [5.74, 6) is 2.65. The van der Waals surface area contributed by atoms with Crippen LogP contribution in [0.1, 0.15) is 24.8 Å². The fourth-order valence-corrected chi connectivity index (χ4v) is 2.50. The largest absolute Gasteiger partial charge is 0.296 e. The normalized spacial score (nSPS) is 14.9. The van der Waals surface area contributed by atoms with Crippen molar-refractivity contribution in [2.45, 2.75) is 25.9 Å². The fraction of sp³-hybridized carbons (Fsp3) is 0.400. The van der Waals surface area contributed by atoms with Crippen LogP contribution in [0.3, 0.4) is 0 Å². The van der Waals surface area contributed by atoms with Gasteiger partial charge in [-0.3, -0.25) is 5.32 Å². The average molecular weight is 258 g/mol. The molecule has 0 saturated heterocycles. The molecule has 1 heterocycles. The third-order valence-electron chi connectivity index (χ3n) is 1.77. The molecule has 0 aliphatic carbocycles. The first-order valence-corrected chi connectivity index (χ1v) is 5.72. The highest BCUT2D eigenvalue weighted by molar-refractivity contribution is 9.11. The molecule has 3 heteroatoms. The van der Waals surface area contributed by atoms with Gasteiger partial charge < -0.3 is 0 Å². The van der Waals surface area contributed by atoms with Gasteiger partial charge in [-0.2, -0.15) is 0 Å². The van der Waals surface area contributed by atoms with E-state index in [0.29, 0.717) is 6.04 Å². The minimum atomic E-state index is 0.121. The van der Waals surface area contributed by atoms with Crippen LogP contribution in [0.4, 0.5) is 0 Å². The molecular weight excluding hydrogens is 246 g/mol. The summed E-state index contributed by atoms with van der Waals surface area (Å²) in [5, 5.41) is 3.31. The third-order valence-corrected chi connectivity index (χ3v) is 3.58. The van der Waals surface area contributed by atoms with Gasteiger partial charge in [-0.25, -0.2) is 0 Å². The van der Waals surface area contributed by atoms with E-state index in [4.69, 9.17) is 6.42 Å². The molecule has 0 aliphatic rings. The summed E-state index contributed by atoms with van der Waals surface area (Å²) in [5.41, 5.74) is 0. The Morgan fingerprint density at radius 1 is 1.54 bits per heavy atom. The lowest BCUT2D eigenvalue weighted by molar-refractivity contribution is 0.553. The van der Waals surface area contributed by atoms with Gasteiger partial charge in [-0.15, -0.1) is 17.8 Å². The van der Waals surface area contributed by atoms with Crippen LogP contribution >= 0.6 is 27.3 Å². The zero-order chi connectivity index (χ0) is 9.84. The summed E-state index contributed by atoms with van der Waals surface area (Å²) < 4.78 is 1.16. The first-order valence-electron chi connectivity index (χ1n) is 4.11. The van der Waals surface area contributed by atoms with Crippen molar-refractivity contribution in [2.24, 2.45) is 0 Å². The molecule has 2 atom stereocenters. The Kier molecular flexibility index (Phi) is 3.98. The summed E-state index contributed by atoms with van der Waals surface area (Å²) in [6.07, 6.45) is 5.29. The van der Waals surface area contributed by atoms with Crippen molar-refractivity contribution in [3.63, 3.8) is 0 Å². The zero-order valence-corrected chi connectivity index (χ0v) is 10.1. The minimum absolute atomic E-state index is 0.121. The van der Waals surface area contributed by atoms with Gasteiger partial charge >= 0.3 is 0 Å². The molecule has 2 unspecified atom stereocenters. The van der Waals surface area contributed by atoms with Crippen LogP contribution in [0.2, 0.25) is 0 Å².